The third-order valence-corrected chi connectivity index (χ3v) is 4.62. The molecule has 0 bridgehead atoms. The Morgan fingerprint density at radius 3 is 2.26 bits per heavy atom. The van der Waals surface area contributed by atoms with Gasteiger partial charge < -0.3 is 15.5 Å². The molecule has 3 amide bonds. The van der Waals surface area contributed by atoms with Crippen molar-refractivity contribution in [2.24, 2.45) is 5.92 Å². The van der Waals surface area contributed by atoms with E-state index in [0.717, 1.165) is 16.8 Å². The predicted octanol–water partition coefficient (Wildman–Crippen LogP) is 3.25. The van der Waals surface area contributed by atoms with Crippen molar-refractivity contribution >= 4 is 34.8 Å². The maximum atomic E-state index is 12.6. The van der Waals surface area contributed by atoms with Crippen molar-refractivity contribution in [3.8, 4) is 0 Å². The summed E-state index contributed by atoms with van der Waals surface area (Å²) in [4.78, 5) is 37.8. The van der Waals surface area contributed by atoms with Gasteiger partial charge in [0.1, 0.15) is 0 Å². The highest BCUT2D eigenvalue weighted by molar-refractivity contribution is 6.04. The Morgan fingerprint density at radius 2 is 1.63 bits per heavy atom. The number of nitrogens with one attached hydrogen (secondary N) is 2. The standard InChI is InChI=1S/C21H23N3O3/c1-13-4-5-14(2)19(10-13)24-12-16(11-20(24)26)21(27)23-18-8-6-17(7-9-18)22-15(3)25/h4-10,16H,11-12H2,1-3H3,(H,22,25)(H,23,27). The lowest BCUT2D eigenvalue weighted by molar-refractivity contribution is -0.122. The van der Waals surface area contributed by atoms with Gasteiger partial charge in [-0.15, -0.1) is 0 Å². The Kier molecular flexibility index (Phi) is 5.26. The molecule has 1 heterocycles. The molecule has 2 aromatic rings. The first-order chi connectivity index (χ1) is 12.8. The summed E-state index contributed by atoms with van der Waals surface area (Å²) in [5.74, 6) is -0.761. The van der Waals surface area contributed by atoms with Crippen LogP contribution in [0.15, 0.2) is 42.5 Å². The molecule has 27 heavy (non-hydrogen) atoms. The molecule has 1 atom stereocenters. The molecule has 2 N–H and O–H groups in total. The monoisotopic (exact) mass is 365 g/mol. The number of aryl methyl sites for hydroxylation is 2. The Labute approximate surface area is 158 Å². The van der Waals surface area contributed by atoms with Gasteiger partial charge in [-0.2, -0.15) is 0 Å². The van der Waals surface area contributed by atoms with E-state index < -0.39 is 5.92 Å². The molecule has 1 aliphatic rings. The van der Waals surface area contributed by atoms with Crippen LogP contribution in [-0.4, -0.2) is 24.3 Å². The molecular weight excluding hydrogens is 342 g/mol. The number of carbonyl (C=O) groups excluding carboxylic acids is 3. The van der Waals surface area contributed by atoms with Crippen molar-refractivity contribution in [2.75, 3.05) is 22.1 Å². The maximum absolute atomic E-state index is 12.6. The van der Waals surface area contributed by atoms with E-state index in [2.05, 4.69) is 10.6 Å². The first kappa shape index (κ1) is 18.6. The van der Waals surface area contributed by atoms with Crippen LogP contribution in [-0.2, 0) is 14.4 Å². The zero-order valence-electron chi connectivity index (χ0n) is 15.7. The van der Waals surface area contributed by atoms with E-state index in [1.165, 1.54) is 6.92 Å². The SMILES string of the molecule is CC(=O)Nc1ccc(NC(=O)C2CC(=O)N(c3cc(C)ccc3C)C2)cc1. The van der Waals surface area contributed by atoms with E-state index in [-0.39, 0.29) is 24.1 Å². The van der Waals surface area contributed by atoms with E-state index in [0.29, 0.717) is 17.9 Å². The van der Waals surface area contributed by atoms with Crippen molar-refractivity contribution in [3.63, 3.8) is 0 Å². The summed E-state index contributed by atoms with van der Waals surface area (Å²) in [6.07, 6.45) is 0.198. The highest BCUT2D eigenvalue weighted by Gasteiger charge is 2.35. The number of rotatable bonds is 4. The van der Waals surface area contributed by atoms with Crippen molar-refractivity contribution < 1.29 is 14.4 Å². The second kappa shape index (κ2) is 7.61. The number of benzene rings is 2. The molecular formula is C21H23N3O3. The molecule has 1 fully saturated rings. The molecule has 0 saturated carbocycles. The van der Waals surface area contributed by atoms with Crippen LogP contribution in [0.3, 0.4) is 0 Å². The van der Waals surface area contributed by atoms with Gasteiger partial charge in [-0.25, -0.2) is 0 Å². The average molecular weight is 365 g/mol. The molecule has 6 nitrogen and oxygen atoms in total. The fourth-order valence-corrected chi connectivity index (χ4v) is 3.21. The predicted molar refractivity (Wildman–Crippen MR) is 106 cm³/mol. The van der Waals surface area contributed by atoms with Gasteiger partial charge in [-0.3, -0.25) is 14.4 Å². The van der Waals surface area contributed by atoms with Crippen LogP contribution in [0.1, 0.15) is 24.5 Å². The largest absolute Gasteiger partial charge is 0.326 e. The molecule has 2 aromatic carbocycles. The third-order valence-electron chi connectivity index (χ3n) is 4.62. The summed E-state index contributed by atoms with van der Waals surface area (Å²) in [7, 11) is 0. The van der Waals surface area contributed by atoms with E-state index in [1.54, 1.807) is 29.2 Å². The van der Waals surface area contributed by atoms with Gasteiger partial charge in [0.25, 0.3) is 0 Å². The van der Waals surface area contributed by atoms with E-state index in [4.69, 9.17) is 0 Å². The molecule has 6 heteroatoms. The molecule has 3 rings (SSSR count). The summed E-state index contributed by atoms with van der Waals surface area (Å²) in [5.41, 5.74) is 4.26. The Bertz CT molecular complexity index is 890. The van der Waals surface area contributed by atoms with Crippen LogP contribution < -0.4 is 15.5 Å². The topological polar surface area (TPSA) is 78.5 Å². The maximum Gasteiger partial charge on any atom is 0.229 e. The molecule has 0 spiro atoms. The fourth-order valence-electron chi connectivity index (χ4n) is 3.21. The minimum atomic E-state index is -0.396. The van der Waals surface area contributed by atoms with E-state index >= 15 is 0 Å². The van der Waals surface area contributed by atoms with E-state index in [1.807, 2.05) is 32.0 Å². The van der Waals surface area contributed by atoms with Crippen LogP contribution in [0.4, 0.5) is 17.1 Å². The fraction of sp³-hybridized carbons (Fsp3) is 0.286. The van der Waals surface area contributed by atoms with Crippen LogP contribution in [0, 0.1) is 19.8 Å². The number of hydrogen-bond donors (Lipinski definition) is 2. The first-order valence-corrected chi connectivity index (χ1v) is 8.89. The summed E-state index contributed by atoms with van der Waals surface area (Å²) in [6.45, 7) is 5.76. The molecule has 0 aliphatic carbocycles. The smallest absolute Gasteiger partial charge is 0.229 e. The molecule has 140 valence electrons. The quantitative estimate of drug-likeness (QED) is 0.873. The van der Waals surface area contributed by atoms with Crippen molar-refractivity contribution in [3.05, 3.63) is 53.6 Å². The highest BCUT2D eigenvalue weighted by atomic mass is 16.2. The number of amides is 3. The molecule has 0 radical (unpaired) electrons. The lowest BCUT2D eigenvalue weighted by Crippen LogP contribution is -2.28. The molecule has 1 saturated heterocycles. The van der Waals surface area contributed by atoms with Crippen molar-refractivity contribution in [1.82, 2.24) is 0 Å². The van der Waals surface area contributed by atoms with Gasteiger partial charge >= 0.3 is 0 Å². The highest BCUT2D eigenvalue weighted by Crippen LogP contribution is 2.29. The van der Waals surface area contributed by atoms with Crippen LogP contribution in [0.2, 0.25) is 0 Å². The molecule has 0 aromatic heterocycles. The first-order valence-electron chi connectivity index (χ1n) is 8.89. The Morgan fingerprint density at radius 1 is 1.00 bits per heavy atom. The average Bonchev–Trinajstić information content (AvgIpc) is 3.00. The van der Waals surface area contributed by atoms with Gasteiger partial charge in [-0.05, 0) is 55.3 Å². The van der Waals surface area contributed by atoms with E-state index in [9.17, 15) is 14.4 Å². The third kappa shape index (κ3) is 4.34. The van der Waals surface area contributed by atoms with Crippen LogP contribution in [0.5, 0.6) is 0 Å². The Balaban J connectivity index is 1.67. The second-order valence-electron chi connectivity index (χ2n) is 6.94. The summed E-state index contributed by atoms with van der Waals surface area (Å²) in [6, 6.07) is 12.9. The van der Waals surface area contributed by atoms with Crippen LogP contribution >= 0.6 is 0 Å². The number of nitrogens with zero attached hydrogens (tertiary/aromatic N) is 1. The zero-order chi connectivity index (χ0) is 19.6. The summed E-state index contributed by atoms with van der Waals surface area (Å²) in [5, 5.41) is 5.53. The van der Waals surface area contributed by atoms with Gasteiger partial charge in [-0.1, -0.05) is 12.1 Å². The second-order valence-corrected chi connectivity index (χ2v) is 6.94. The molecule has 1 aliphatic heterocycles. The summed E-state index contributed by atoms with van der Waals surface area (Å²) >= 11 is 0. The minimum absolute atomic E-state index is 0.0372. The van der Waals surface area contributed by atoms with Gasteiger partial charge in [0.05, 0.1) is 5.92 Å². The van der Waals surface area contributed by atoms with Gasteiger partial charge in [0.15, 0.2) is 0 Å². The van der Waals surface area contributed by atoms with Gasteiger partial charge in [0.2, 0.25) is 17.7 Å². The Hall–Kier alpha value is -3.15. The minimum Gasteiger partial charge on any atom is -0.326 e. The number of carbonyl (C=O) groups is 3. The van der Waals surface area contributed by atoms with Crippen molar-refractivity contribution in [2.45, 2.75) is 27.2 Å². The van der Waals surface area contributed by atoms with Gasteiger partial charge in [0, 0.05) is 37.0 Å². The summed E-state index contributed by atoms with van der Waals surface area (Å²) < 4.78 is 0. The number of anilines is 3. The van der Waals surface area contributed by atoms with Crippen LogP contribution in [0.25, 0.3) is 0 Å². The normalized spacial score (nSPS) is 16.3. The molecule has 1 unspecified atom stereocenters. The lowest BCUT2D eigenvalue weighted by atomic mass is 10.1. The zero-order valence-corrected chi connectivity index (χ0v) is 15.7. The number of hydrogen-bond acceptors (Lipinski definition) is 3. The lowest BCUT2D eigenvalue weighted by Gasteiger charge is -2.19. The van der Waals surface area contributed by atoms with Crippen molar-refractivity contribution in [1.29, 1.82) is 0 Å².